The van der Waals surface area contributed by atoms with Crippen LogP contribution in [-0.2, 0) is 4.74 Å². The second kappa shape index (κ2) is 2.85. The van der Waals surface area contributed by atoms with Gasteiger partial charge in [0.05, 0.1) is 6.04 Å². The van der Waals surface area contributed by atoms with Gasteiger partial charge in [-0.05, 0) is 12.3 Å². The average molecular weight is 127 g/mol. The first-order valence-corrected chi connectivity index (χ1v) is 3.42. The molecule has 0 spiro atoms. The van der Waals surface area contributed by atoms with Crippen LogP contribution in [0, 0.1) is 5.92 Å². The summed E-state index contributed by atoms with van der Waals surface area (Å²) in [6.07, 6.45) is 2.71. The van der Waals surface area contributed by atoms with Gasteiger partial charge >= 0.3 is 0 Å². The molecule has 0 aromatic heterocycles. The highest BCUT2D eigenvalue weighted by Gasteiger charge is 2.12. The Kier molecular flexibility index (Phi) is 2.09. The number of hydrogen-bond acceptors (Lipinski definition) is 2. The molecule has 0 fully saturated rings. The van der Waals surface area contributed by atoms with Crippen molar-refractivity contribution in [3.63, 3.8) is 0 Å². The smallest absolute Gasteiger partial charge is 0.169 e. The molecule has 9 heavy (non-hydrogen) atoms. The summed E-state index contributed by atoms with van der Waals surface area (Å²) in [6.45, 7) is 5.19. The van der Waals surface area contributed by atoms with Crippen molar-refractivity contribution in [3.05, 3.63) is 0 Å². The Bertz CT molecular complexity index is 109. The predicted molar refractivity (Wildman–Crippen MR) is 37.7 cm³/mol. The van der Waals surface area contributed by atoms with Gasteiger partial charge in [0.15, 0.2) is 6.40 Å². The molecular formula is C7H13NO. The summed E-state index contributed by atoms with van der Waals surface area (Å²) in [5.74, 6) is 0.730. The Morgan fingerprint density at radius 1 is 1.78 bits per heavy atom. The first-order chi connectivity index (χ1) is 4.29. The summed E-state index contributed by atoms with van der Waals surface area (Å²) in [5, 5.41) is 0. The number of ether oxygens (including phenoxy) is 1. The van der Waals surface area contributed by atoms with Crippen LogP contribution >= 0.6 is 0 Å². The molecule has 52 valence electrons. The third kappa shape index (κ3) is 2.04. The molecule has 0 saturated heterocycles. The van der Waals surface area contributed by atoms with E-state index in [9.17, 15) is 0 Å². The Hall–Kier alpha value is -0.530. The zero-order chi connectivity index (χ0) is 6.69. The monoisotopic (exact) mass is 127 g/mol. The maximum Gasteiger partial charge on any atom is 0.169 e. The van der Waals surface area contributed by atoms with E-state index in [0.29, 0.717) is 6.04 Å². The SMILES string of the molecule is CC(C)C[C@@H]1COC=N1. The van der Waals surface area contributed by atoms with Gasteiger partial charge in [0, 0.05) is 0 Å². The quantitative estimate of drug-likeness (QED) is 0.550. The van der Waals surface area contributed by atoms with Gasteiger partial charge in [-0.1, -0.05) is 13.8 Å². The van der Waals surface area contributed by atoms with E-state index < -0.39 is 0 Å². The Labute approximate surface area is 55.9 Å². The van der Waals surface area contributed by atoms with Gasteiger partial charge in [0.25, 0.3) is 0 Å². The summed E-state index contributed by atoms with van der Waals surface area (Å²) < 4.78 is 4.97. The lowest BCUT2D eigenvalue weighted by molar-refractivity contribution is 0.310. The second-order valence-corrected chi connectivity index (χ2v) is 2.87. The molecule has 0 unspecified atom stereocenters. The van der Waals surface area contributed by atoms with E-state index in [0.717, 1.165) is 18.9 Å². The predicted octanol–water partition coefficient (Wildman–Crippen LogP) is 1.46. The molecule has 0 amide bonds. The number of aliphatic imine (C=N–C) groups is 1. The summed E-state index contributed by atoms with van der Waals surface area (Å²) in [4.78, 5) is 4.13. The molecule has 0 radical (unpaired) electrons. The Morgan fingerprint density at radius 3 is 3.00 bits per heavy atom. The summed E-state index contributed by atoms with van der Waals surface area (Å²) in [7, 11) is 0. The van der Waals surface area contributed by atoms with Crippen molar-refractivity contribution < 1.29 is 4.74 Å². The highest BCUT2D eigenvalue weighted by atomic mass is 16.5. The molecule has 0 saturated carbocycles. The van der Waals surface area contributed by atoms with Crippen LogP contribution in [0.15, 0.2) is 4.99 Å². The normalized spacial score (nSPS) is 25.0. The third-order valence-corrected chi connectivity index (χ3v) is 1.38. The lowest BCUT2D eigenvalue weighted by Crippen LogP contribution is -2.09. The zero-order valence-corrected chi connectivity index (χ0v) is 6.00. The van der Waals surface area contributed by atoms with Gasteiger partial charge < -0.3 is 4.74 Å². The first-order valence-electron chi connectivity index (χ1n) is 3.42. The third-order valence-electron chi connectivity index (χ3n) is 1.38. The highest BCUT2D eigenvalue weighted by Crippen LogP contribution is 2.10. The van der Waals surface area contributed by atoms with Crippen molar-refractivity contribution in [2.75, 3.05) is 6.61 Å². The second-order valence-electron chi connectivity index (χ2n) is 2.87. The van der Waals surface area contributed by atoms with Crippen LogP contribution in [0.2, 0.25) is 0 Å². The van der Waals surface area contributed by atoms with Crippen molar-refractivity contribution >= 4 is 6.40 Å². The molecule has 0 aromatic rings. The van der Waals surface area contributed by atoms with Crippen LogP contribution < -0.4 is 0 Å². The molecule has 1 aliphatic rings. The molecule has 1 aliphatic heterocycles. The fourth-order valence-corrected chi connectivity index (χ4v) is 0.999. The molecule has 2 heteroatoms. The molecule has 1 atom stereocenters. The summed E-state index contributed by atoms with van der Waals surface area (Å²) in [6, 6.07) is 0.435. The lowest BCUT2D eigenvalue weighted by Gasteiger charge is -2.06. The minimum atomic E-state index is 0.435. The number of rotatable bonds is 2. The van der Waals surface area contributed by atoms with E-state index in [1.54, 1.807) is 6.40 Å². The molecule has 1 heterocycles. The van der Waals surface area contributed by atoms with Gasteiger partial charge in [-0.2, -0.15) is 0 Å². The largest absolute Gasteiger partial charge is 0.481 e. The number of hydrogen-bond donors (Lipinski definition) is 0. The summed E-state index contributed by atoms with van der Waals surface area (Å²) >= 11 is 0. The number of nitrogens with zero attached hydrogens (tertiary/aromatic N) is 1. The molecule has 1 rings (SSSR count). The van der Waals surface area contributed by atoms with Crippen LogP contribution in [0.3, 0.4) is 0 Å². The average Bonchev–Trinajstić information content (AvgIpc) is 2.15. The Morgan fingerprint density at radius 2 is 2.56 bits per heavy atom. The Balaban J connectivity index is 2.20. The van der Waals surface area contributed by atoms with Crippen LogP contribution in [0.4, 0.5) is 0 Å². The van der Waals surface area contributed by atoms with E-state index in [1.165, 1.54) is 0 Å². The van der Waals surface area contributed by atoms with Gasteiger partial charge in [-0.25, -0.2) is 0 Å². The van der Waals surface area contributed by atoms with E-state index in [-0.39, 0.29) is 0 Å². The van der Waals surface area contributed by atoms with Gasteiger partial charge in [-0.15, -0.1) is 0 Å². The van der Waals surface area contributed by atoms with Crippen molar-refractivity contribution in [2.24, 2.45) is 10.9 Å². The van der Waals surface area contributed by atoms with E-state index >= 15 is 0 Å². The zero-order valence-electron chi connectivity index (χ0n) is 6.00. The minimum absolute atomic E-state index is 0.435. The van der Waals surface area contributed by atoms with Crippen molar-refractivity contribution in [2.45, 2.75) is 26.3 Å². The lowest BCUT2D eigenvalue weighted by atomic mass is 10.1. The van der Waals surface area contributed by atoms with Gasteiger partial charge in [0.1, 0.15) is 6.61 Å². The summed E-state index contributed by atoms with van der Waals surface area (Å²) in [5.41, 5.74) is 0. The fraction of sp³-hybridized carbons (Fsp3) is 0.857. The maximum atomic E-state index is 4.97. The molecule has 2 nitrogen and oxygen atoms in total. The van der Waals surface area contributed by atoms with Crippen LogP contribution in [0.5, 0.6) is 0 Å². The molecular weight excluding hydrogens is 114 g/mol. The molecule has 0 aliphatic carbocycles. The first kappa shape index (κ1) is 6.59. The van der Waals surface area contributed by atoms with E-state index in [1.807, 2.05) is 0 Å². The van der Waals surface area contributed by atoms with Gasteiger partial charge in [0.2, 0.25) is 0 Å². The minimum Gasteiger partial charge on any atom is -0.481 e. The van der Waals surface area contributed by atoms with Crippen molar-refractivity contribution in [3.8, 4) is 0 Å². The van der Waals surface area contributed by atoms with Crippen LogP contribution in [0.1, 0.15) is 20.3 Å². The highest BCUT2D eigenvalue weighted by molar-refractivity contribution is 5.48. The molecule has 0 bridgehead atoms. The van der Waals surface area contributed by atoms with Crippen LogP contribution in [0.25, 0.3) is 0 Å². The topological polar surface area (TPSA) is 21.6 Å². The molecule has 0 aromatic carbocycles. The van der Waals surface area contributed by atoms with Crippen molar-refractivity contribution in [1.82, 2.24) is 0 Å². The maximum absolute atomic E-state index is 4.97. The van der Waals surface area contributed by atoms with E-state index in [2.05, 4.69) is 18.8 Å². The van der Waals surface area contributed by atoms with E-state index in [4.69, 9.17) is 4.74 Å². The van der Waals surface area contributed by atoms with Gasteiger partial charge in [-0.3, -0.25) is 4.99 Å². The fourth-order valence-electron chi connectivity index (χ4n) is 0.999. The molecule has 0 N–H and O–H groups in total. The standard InChI is InChI=1S/C7H13NO/c1-6(2)3-7-4-9-5-8-7/h5-7H,3-4H2,1-2H3/t7-/m1/s1. The van der Waals surface area contributed by atoms with Crippen LogP contribution in [-0.4, -0.2) is 19.0 Å². The van der Waals surface area contributed by atoms with Crippen molar-refractivity contribution in [1.29, 1.82) is 0 Å².